The molecule has 0 aromatic heterocycles. The fourth-order valence-electron chi connectivity index (χ4n) is 5.18. The largest absolute Gasteiger partial charge is 0.486 e. The second-order valence-corrected chi connectivity index (χ2v) is 9.86. The fourth-order valence-corrected chi connectivity index (χ4v) is 5.31. The predicted molar refractivity (Wildman–Crippen MR) is 130 cm³/mol. The van der Waals surface area contributed by atoms with E-state index < -0.39 is 5.82 Å². The number of ether oxygens (including phenoxy) is 2. The third-order valence-electron chi connectivity index (χ3n) is 6.91. The Kier molecular flexibility index (Phi) is 7.11. The molecule has 0 spiro atoms. The summed E-state index contributed by atoms with van der Waals surface area (Å²) in [4.78, 5) is 17.9. The third-order valence-corrected chi connectivity index (χ3v) is 7.17. The van der Waals surface area contributed by atoms with Crippen LogP contribution in [0.15, 0.2) is 36.4 Å². The maximum Gasteiger partial charge on any atom is 0.225 e. The van der Waals surface area contributed by atoms with Crippen molar-refractivity contribution in [3.05, 3.63) is 52.8 Å². The number of hydrogen-bond donors (Lipinski definition) is 1. The number of amides is 1. The molecule has 3 aliphatic heterocycles. The molecule has 3 heterocycles. The standard InChI is InChI=1S/C26H31ClFN3O3/c27-20-3-5-22(6-4-20)31-10-7-19(16-31)26(32)29-21(17-30-8-1-2-9-30)13-18-14-23(28)25-24(15-18)33-11-12-34-25/h3-6,14-15,19,21H,1-2,7-13,16-17H2,(H,29,32)/t19-,21?/m1/s1. The van der Waals surface area contributed by atoms with Crippen LogP contribution in [0.3, 0.4) is 0 Å². The maximum atomic E-state index is 14.6. The van der Waals surface area contributed by atoms with E-state index in [2.05, 4.69) is 15.1 Å². The summed E-state index contributed by atoms with van der Waals surface area (Å²) in [6.07, 6.45) is 3.71. The summed E-state index contributed by atoms with van der Waals surface area (Å²) >= 11 is 6.02. The van der Waals surface area contributed by atoms with Crippen LogP contribution in [0, 0.1) is 11.7 Å². The first-order valence-corrected chi connectivity index (χ1v) is 12.5. The number of rotatable bonds is 7. The van der Waals surface area contributed by atoms with Gasteiger partial charge in [-0.05, 0) is 80.7 Å². The van der Waals surface area contributed by atoms with Gasteiger partial charge in [-0.3, -0.25) is 4.79 Å². The van der Waals surface area contributed by atoms with Crippen molar-refractivity contribution in [2.45, 2.75) is 31.7 Å². The highest BCUT2D eigenvalue weighted by Gasteiger charge is 2.31. The zero-order valence-electron chi connectivity index (χ0n) is 19.3. The lowest BCUT2D eigenvalue weighted by molar-refractivity contribution is -0.125. The Morgan fingerprint density at radius 3 is 2.68 bits per heavy atom. The van der Waals surface area contributed by atoms with Gasteiger partial charge in [0.2, 0.25) is 5.91 Å². The number of carbonyl (C=O) groups is 1. The third kappa shape index (κ3) is 5.41. The minimum atomic E-state index is -0.409. The fraction of sp³-hybridized carbons (Fsp3) is 0.500. The van der Waals surface area contributed by atoms with Crippen molar-refractivity contribution in [3.8, 4) is 11.5 Å². The van der Waals surface area contributed by atoms with E-state index in [4.69, 9.17) is 21.1 Å². The zero-order chi connectivity index (χ0) is 23.5. The zero-order valence-corrected chi connectivity index (χ0v) is 20.0. The average Bonchev–Trinajstić information content (AvgIpc) is 3.52. The number of carbonyl (C=O) groups excluding carboxylic acids is 1. The molecule has 2 saturated heterocycles. The molecule has 8 heteroatoms. The monoisotopic (exact) mass is 487 g/mol. The average molecular weight is 488 g/mol. The number of nitrogens with one attached hydrogen (secondary N) is 1. The summed E-state index contributed by atoms with van der Waals surface area (Å²) < 4.78 is 25.6. The van der Waals surface area contributed by atoms with E-state index in [0.717, 1.165) is 43.9 Å². The Hall–Kier alpha value is -2.51. The molecule has 0 bridgehead atoms. The number of fused-ring (bicyclic) bond motifs is 1. The van der Waals surface area contributed by atoms with Crippen molar-refractivity contribution in [2.75, 3.05) is 50.8 Å². The van der Waals surface area contributed by atoms with Crippen LogP contribution in [0.5, 0.6) is 11.5 Å². The molecule has 34 heavy (non-hydrogen) atoms. The Bertz CT molecular complexity index is 1010. The van der Waals surface area contributed by atoms with E-state index in [0.29, 0.717) is 37.0 Å². The summed E-state index contributed by atoms with van der Waals surface area (Å²) in [6, 6.07) is 11.0. The number of likely N-dealkylation sites (tertiary alicyclic amines) is 1. The molecule has 3 aliphatic rings. The quantitative estimate of drug-likeness (QED) is 0.642. The predicted octanol–water partition coefficient (Wildman–Crippen LogP) is 3.90. The number of halogens is 2. The van der Waals surface area contributed by atoms with Crippen LogP contribution in [0.1, 0.15) is 24.8 Å². The van der Waals surface area contributed by atoms with Crippen molar-refractivity contribution in [3.63, 3.8) is 0 Å². The Balaban J connectivity index is 1.26. The molecule has 2 aromatic rings. The Morgan fingerprint density at radius 1 is 1.12 bits per heavy atom. The molecule has 2 fully saturated rings. The highest BCUT2D eigenvalue weighted by atomic mass is 35.5. The topological polar surface area (TPSA) is 54.0 Å². The SMILES string of the molecule is O=C(NC(Cc1cc(F)c2c(c1)OCCO2)CN1CCCC1)[C@@H]1CCN(c2ccc(Cl)cc2)C1. The van der Waals surface area contributed by atoms with E-state index in [-0.39, 0.29) is 23.6 Å². The highest BCUT2D eigenvalue weighted by Crippen LogP contribution is 2.34. The van der Waals surface area contributed by atoms with Gasteiger partial charge < -0.3 is 24.6 Å². The van der Waals surface area contributed by atoms with Crippen molar-refractivity contribution in [2.24, 2.45) is 5.92 Å². The molecule has 1 N–H and O–H groups in total. The van der Waals surface area contributed by atoms with E-state index >= 15 is 0 Å². The first-order chi connectivity index (χ1) is 16.5. The van der Waals surface area contributed by atoms with Crippen molar-refractivity contribution < 1.29 is 18.7 Å². The summed E-state index contributed by atoms with van der Waals surface area (Å²) in [5, 5.41) is 4.00. The molecule has 182 valence electrons. The lowest BCUT2D eigenvalue weighted by Gasteiger charge is -2.27. The Labute approximate surface area is 205 Å². The van der Waals surface area contributed by atoms with Gasteiger partial charge in [0, 0.05) is 36.4 Å². The first kappa shape index (κ1) is 23.2. The number of anilines is 1. The van der Waals surface area contributed by atoms with Crippen molar-refractivity contribution >= 4 is 23.2 Å². The van der Waals surface area contributed by atoms with Crippen LogP contribution in [-0.2, 0) is 11.2 Å². The Morgan fingerprint density at radius 2 is 1.88 bits per heavy atom. The van der Waals surface area contributed by atoms with Gasteiger partial charge >= 0.3 is 0 Å². The second-order valence-electron chi connectivity index (χ2n) is 9.43. The van der Waals surface area contributed by atoms with Crippen LogP contribution in [-0.4, -0.2) is 62.8 Å². The van der Waals surface area contributed by atoms with Gasteiger partial charge in [-0.2, -0.15) is 0 Å². The summed E-state index contributed by atoms with van der Waals surface area (Å²) in [5.41, 5.74) is 1.89. The van der Waals surface area contributed by atoms with Crippen LogP contribution in [0.25, 0.3) is 0 Å². The second kappa shape index (κ2) is 10.4. The van der Waals surface area contributed by atoms with Crippen LogP contribution >= 0.6 is 11.6 Å². The molecule has 0 saturated carbocycles. The van der Waals surface area contributed by atoms with Gasteiger partial charge in [-0.1, -0.05) is 11.6 Å². The summed E-state index contributed by atoms with van der Waals surface area (Å²) in [6.45, 7) is 5.12. The molecular weight excluding hydrogens is 457 g/mol. The molecular formula is C26H31ClFN3O3. The van der Waals surface area contributed by atoms with Gasteiger partial charge in [0.1, 0.15) is 13.2 Å². The van der Waals surface area contributed by atoms with E-state index in [1.54, 1.807) is 0 Å². The molecule has 0 aliphatic carbocycles. The molecule has 5 rings (SSSR count). The minimum Gasteiger partial charge on any atom is -0.486 e. The number of hydrogen-bond acceptors (Lipinski definition) is 5. The molecule has 2 aromatic carbocycles. The molecule has 2 atom stereocenters. The number of nitrogens with zero attached hydrogens (tertiary/aromatic N) is 2. The van der Waals surface area contributed by atoms with Crippen molar-refractivity contribution in [1.82, 2.24) is 10.2 Å². The van der Waals surface area contributed by atoms with Crippen LogP contribution in [0.2, 0.25) is 5.02 Å². The highest BCUT2D eigenvalue weighted by molar-refractivity contribution is 6.30. The van der Waals surface area contributed by atoms with Gasteiger partial charge in [0.25, 0.3) is 0 Å². The van der Waals surface area contributed by atoms with Crippen LogP contribution < -0.4 is 19.7 Å². The van der Waals surface area contributed by atoms with E-state index in [9.17, 15) is 9.18 Å². The molecule has 1 unspecified atom stereocenters. The van der Waals surface area contributed by atoms with E-state index in [1.165, 1.54) is 18.9 Å². The van der Waals surface area contributed by atoms with Gasteiger partial charge in [0.05, 0.1) is 5.92 Å². The summed E-state index contributed by atoms with van der Waals surface area (Å²) in [7, 11) is 0. The smallest absolute Gasteiger partial charge is 0.225 e. The van der Waals surface area contributed by atoms with Crippen molar-refractivity contribution in [1.29, 1.82) is 0 Å². The molecule has 6 nitrogen and oxygen atoms in total. The molecule has 1 amide bonds. The first-order valence-electron chi connectivity index (χ1n) is 12.2. The van der Waals surface area contributed by atoms with Gasteiger partial charge in [0.15, 0.2) is 17.3 Å². The lowest BCUT2D eigenvalue weighted by Crippen LogP contribution is -2.47. The van der Waals surface area contributed by atoms with Gasteiger partial charge in [-0.25, -0.2) is 4.39 Å². The lowest BCUT2D eigenvalue weighted by atomic mass is 10.0. The molecule has 0 radical (unpaired) electrons. The van der Waals surface area contributed by atoms with Crippen LogP contribution in [0.4, 0.5) is 10.1 Å². The minimum absolute atomic E-state index is 0.0682. The van der Waals surface area contributed by atoms with Gasteiger partial charge in [-0.15, -0.1) is 0 Å². The summed E-state index contributed by atoms with van der Waals surface area (Å²) in [5.74, 6) is 0.213. The van der Waals surface area contributed by atoms with E-state index in [1.807, 2.05) is 30.3 Å². The maximum absolute atomic E-state index is 14.6. The number of benzene rings is 2. The normalized spacial score (nSPS) is 21.0.